The zero-order valence-corrected chi connectivity index (χ0v) is 25.1. The second-order valence-corrected chi connectivity index (χ2v) is 13.5. The summed E-state index contributed by atoms with van der Waals surface area (Å²) in [5.41, 5.74) is 5.19. The van der Waals surface area contributed by atoms with Crippen molar-refractivity contribution in [2.75, 3.05) is 31.1 Å². The van der Waals surface area contributed by atoms with Crippen LogP contribution in [0.3, 0.4) is 0 Å². The summed E-state index contributed by atoms with van der Waals surface area (Å²) < 4.78 is 61.7. The average Bonchev–Trinajstić information content (AvgIpc) is 3.76. The fourth-order valence-corrected chi connectivity index (χ4v) is 7.37. The van der Waals surface area contributed by atoms with Gasteiger partial charge in [0.2, 0.25) is 5.95 Å². The number of aromatic amines is 1. The van der Waals surface area contributed by atoms with Crippen LogP contribution in [0.2, 0.25) is 0 Å². The minimum atomic E-state index is -5.12. The summed E-state index contributed by atoms with van der Waals surface area (Å²) >= 11 is 0. The van der Waals surface area contributed by atoms with Crippen molar-refractivity contribution >= 4 is 49.5 Å². The number of anilines is 2. The standard InChI is InChI=1S/C21H26N10O13P2/c1-23-14-8-15(25-3-24-14)30(4-26-8)18-10(32)12-7(41-18)2-40-46(37,38)44-13-11(33)20(39-6-45(35,36)43-12)42-19(13)31-5-27-9-16(31)28-21(22)29-17(9)34/h3-5,7,10-13,18-20,32-33H,2,6H2,1H3,(H,35,36)(H,37,38)(H,23,24,25)(H3,22,28,29,34)/t7-,10-,11+,12-,13-,18-,19-,20+/m1/s1. The van der Waals surface area contributed by atoms with Crippen LogP contribution < -0.4 is 16.6 Å². The molecular weight excluding hydrogens is 662 g/mol. The van der Waals surface area contributed by atoms with E-state index >= 15 is 0 Å². The summed E-state index contributed by atoms with van der Waals surface area (Å²) in [5, 5.41) is 25.0. The number of fused-ring (bicyclic) bond motifs is 5. The lowest BCUT2D eigenvalue weighted by Crippen LogP contribution is -2.36. The van der Waals surface area contributed by atoms with Crippen molar-refractivity contribution in [1.82, 2.24) is 39.0 Å². The molecule has 2 bridgehead atoms. The fourth-order valence-electron chi connectivity index (χ4n) is 5.40. The highest BCUT2D eigenvalue weighted by Crippen LogP contribution is 2.53. The van der Waals surface area contributed by atoms with Crippen LogP contribution in [0, 0.1) is 0 Å². The molecular formula is C21H26N10O13P2. The SMILES string of the molecule is CNc1ncnc2c1ncn2[C@@H]1O[C@@H]2COP(=O)(O)O[C@@H]3[C@H](O)[C@@H](OCP(=O)(O)O[C@H]2[C@H]1O)O[C@H]3n1cnc2c(=O)[nH]c(N)nc21. The largest absolute Gasteiger partial charge is 0.472 e. The second-order valence-electron chi connectivity index (χ2n) is 10.4. The van der Waals surface area contributed by atoms with Gasteiger partial charge in [0.05, 0.1) is 19.3 Å². The Morgan fingerprint density at radius 2 is 1.72 bits per heavy atom. The minimum absolute atomic E-state index is 0.139. The van der Waals surface area contributed by atoms with E-state index in [-0.39, 0.29) is 22.8 Å². The van der Waals surface area contributed by atoms with Crippen LogP contribution in [0.15, 0.2) is 23.8 Å². The van der Waals surface area contributed by atoms with Crippen molar-refractivity contribution in [2.24, 2.45) is 0 Å². The maximum atomic E-state index is 13.2. The van der Waals surface area contributed by atoms with Gasteiger partial charge in [-0.3, -0.25) is 37.0 Å². The van der Waals surface area contributed by atoms with Crippen LogP contribution in [0.4, 0.5) is 11.8 Å². The number of ether oxygens (including phenoxy) is 3. The minimum Gasteiger partial charge on any atom is -0.386 e. The molecule has 7 rings (SSSR count). The van der Waals surface area contributed by atoms with Gasteiger partial charge in [0.25, 0.3) is 5.56 Å². The molecule has 3 saturated heterocycles. The van der Waals surface area contributed by atoms with E-state index in [9.17, 15) is 33.9 Å². The molecule has 3 aliphatic heterocycles. The maximum absolute atomic E-state index is 13.2. The Labute approximate surface area is 255 Å². The Bertz CT molecular complexity index is 1950. The van der Waals surface area contributed by atoms with E-state index in [0.717, 1.165) is 10.9 Å². The van der Waals surface area contributed by atoms with Crippen LogP contribution in [-0.4, -0.2) is 116 Å². The molecule has 0 spiro atoms. The molecule has 25 heteroatoms. The monoisotopic (exact) mass is 688 g/mol. The molecule has 0 amide bonds. The first kappa shape index (κ1) is 31.2. The van der Waals surface area contributed by atoms with Gasteiger partial charge < -0.3 is 45.3 Å². The van der Waals surface area contributed by atoms with E-state index in [1.807, 2.05) is 0 Å². The van der Waals surface area contributed by atoms with Crippen molar-refractivity contribution in [1.29, 1.82) is 0 Å². The molecule has 4 aromatic heterocycles. The second kappa shape index (κ2) is 11.4. The lowest BCUT2D eigenvalue weighted by molar-refractivity contribution is -0.168. The zero-order chi connectivity index (χ0) is 32.5. The molecule has 2 unspecified atom stereocenters. The summed E-state index contributed by atoms with van der Waals surface area (Å²) in [5.74, 6) is 0.0887. The van der Waals surface area contributed by atoms with Gasteiger partial charge in [0, 0.05) is 7.05 Å². The molecule has 0 radical (unpaired) electrons. The van der Waals surface area contributed by atoms with Crippen molar-refractivity contribution in [3.05, 3.63) is 29.3 Å². The Morgan fingerprint density at radius 1 is 0.978 bits per heavy atom. The number of imidazole rings is 2. The molecule has 46 heavy (non-hydrogen) atoms. The van der Waals surface area contributed by atoms with Crippen LogP contribution in [-0.2, 0) is 36.9 Å². The van der Waals surface area contributed by atoms with E-state index < -0.39 is 83.2 Å². The normalized spacial score (nSPS) is 37.1. The van der Waals surface area contributed by atoms with E-state index in [1.54, 1.807) is 7.05 Å². The number of aliphatic hydroxyl groups excluding tert-OH is 2. The molecule has 248 valence electrons. The number of H-pyrrole nitrogens is 1. The number of aromatic nitrogens is 8. The first-order valence-corrected chi connectivity index (χ1v) is 16.6. The van der Waals surface area contributed by atoms with Gasteiger partial charge in [-0.2, -0.15) is 4.98 Å². The lowest BCUT2D eigenvalue weighted by atomic mass is 10.1. The van der Waals surface area contributed by atoms with E-state index in [1.165, 1.54) is 17.2 Å². The third kappa shape index (κ3) is 5.39. The first-order valence-electron chi connectivity index (χ1n) is 13.4. The third-order valence-corrected chi connectivity index (χ3v) is 9.45. The molecule has 10 atom stereocenters. The van der Waals surface area contributed by atoms with Gasteiger partial charge in [-0.25, -0.2) is 24.5 Å². The highest BCUT2D eigenvalue weighted by Gasteiger charge is 2.54. The van der Waals surface area contributed by atoms with Gasteiger partial charge >= 0.3 is 15.4 Å². The molecule has 23 nitrogen and oxygen atoms in total. The lowest BCUT2D eigenvalue weighted by Gasteiger charge is -2.25. The number of hydrogen-bond donors (Lipinski definition) is 7. The number of nitrogens with zero attached hydrogens (tertiary/aromatic N) is 7. The highest BCUT2D eigenvalue weighted by atomic mass is 31.2. The van der Waals surface area contributed by atoms with E-state index in [2.05, 4.69) is 35.2 Å². The first-order chi connectivity index (χ1) is 21.9. The van der Waals surface area contributed by atoms with E-state index in [4.69, 9.17) is 33.5 Å². The number of nitrogens with two attached hydrogens (primary N) is 1. The van der Waals surface area contributed by atoms with Crippen molar-refractivity contribution in [2.45, 2.75) is 49.3 Å². The van der Waals surface area contributed by atoms with Crippen LogP contribution in [0.25, 0.3) is 22.3 Å². The molecule has 0 saturated carbocycles. The number of phosphoric ester groups is 1. The van der Waals surface area contributed by atoms with Gasteiger partial charge in [-0.05, 0) is 0 Å². The van der Waals surface area contributed by atoms with Gasteiger partial charge in [-0.15, -0.1) is 0 Å². The Kier molecular flexibility index (Phi) is 7.70. The predicted octanol–water partition coefficient (Wildman–Crippen LogP) is -1.88. The zero-order valence-electron chi connectivity index (χ0n) is 23.3. The van der Waals surface area contributed by atoms with Crippen molar-refractivity contribution < 1.29 is 56.9 Å². The quantitative estimate of drug-likeness (QED) is 0.116. The van der Waals surface area contributed by atoms with Crippen LogP contribution >= 0.6 is 15.4 Å². The van der Waals surface area contributed by atoms with Crippen molar-refractivity contribution in [3.8, 4) is 0 Å². The molecule has 0 aliphatic carbocycles. The van der Waals surface area contributed by atoms with E-state index in [0.29, 0.717) is 11.3 Å². The predicted molar refractivity (Wildman–Crippen MR) is 149 cm³/mol. The Hall–Kier alpha value is -3.44. The molecule has 4 aromatic rings. The molecule has 3 fully saturated rings. The number of nitrogen functional groups attached to an aromatic ring is 1. The third-order valence-electron chi connectivity index (χ3n) is 7.42. The molecule has 0 aromatic carbocycles. The smallest absolute Gasteiger partial charge is 0.386 e. The van der Waals surface area contributed by atoms with Crippen molar-refractivity contribution in [3.63, 3.8) is 0 Å². The molecule has 7 heterocycles. The summed E-state index contributed by atoms with van der Waals surface area (Å²) in [7, 11) is -8.29. The van der Waals surface area contributed by atoms with Gasteiger partial charge in [0.15, 0.2) is 47.7 Å². The van der Waals surface area contributed by atoms with Crippen LogP contribution in [0.5, 0.6) is 0 Å². The maximum Gasteiger partial charge on any atom is 0.472 e. The average molecular weight is 688 g/mol. The Balaban J connectivity index is 1.20. The number of rotatable bonds is 3. The summed E-state index contributed by atoms with van der Waals surface area (Å²) in [6.07, 6.45) is -10.4. The number of phosphoric acid groups is 1. The molecule has 3 aliphatic rings. The number of nitrogens with one attached hydrogen (secondary N) is 2. The van der Waals surface area contributed by atoms with Gasteiger partial charge in [-0.1, -0.05) is 0 Å². The number of hydrogen-bond acceptors (Lipinski definition) is 18. The molecule has 8 N–H and O–H groups in total. The summed E-state index contributed by atoms with van der Waals surface area (Å²) in [4.78, 5) is 56.4. The topological polar surface area (TPSA) is 316 Å². The highest BCUT2D eigenvalue weighted by molar-refractivity contribution is 7.52. The Morgan fingerprint density at radius 3 is 2.48 bits per heavy atom. The van der Waals surface area contributed by atoms with Gasteiger partial charge in [0.1, 0.15) is 42.4 Å². The van der Waals surface area contributed by atoms with Crippen LogP contribution in [0.1, 0.15) is 12.5 Å². The fraction of sp³-hybridized carbons (Fsp3) is 0.524. The summed E-state index contributed by atoms with van der Waals surface area (Å²) in [6, 6.07) is 0. The summed E-state index contributed by atoms with van der Waals surface area (Å²) in [6.45, 7) is -0.810. The number of aliphatic hydroxyl groups is 2.